The van der Waals surface area contributed by atoms with Crippen molar-refractivity contribution in [3.63, 3.8) is 0 Å². The van der Waals surface area contributed by atoms with Gasteiger partial charge in [0.25, 0.3) is 0 Å². The maximum Gasteiger partial charge on any atom is 0.242 e. The van der Waals surface area contributed by atoms with Crippen molar-refractivity contribution < 1.29 is 9.53 Å². The Hall–Kier alpha value is -1.98. The van der Waals surface area contributed by atoms with Crippen molar-refractivity contribution in [2.75, 3.05) is 24.1 Å². The molecule has 0 aromatic heterocycles. The van der Waals surface area contributed by atoms with Gasteiger partial charge in [-0.25, -0.2) is 0 Å². The molecular formula is C18H20N2O2S. The molecule has 5 heteroatoms. The minimum atomic E-state index is -0.111. The average Bonchev–Trinajstić information content (AvgIpc) is 3.11. The zero-order valence-electron chi connectivity index (χ0n) is 13.0. The van der Waals surface area contributed by atoms with E-state index in [2.05, 4.69) is 22.8 Å². The molecule has 2 aromatic carbocycles. The monoisotopic (exact) mass is 328 g/mol. The Bertz CT molecular complexity index is 670. The molecule has 1 saturated heterocycles. The Labute approximate surface area is 140 Å². The third-order valence-corrected chi connectivity index (χ3v) is 4.76. The third-order valence-electron chi connectivity index (χ3n) is 3.82. The molecule has 4 nitrogen and oxygen atoms in total. The molecule has 1 aliphatic rings. The zero-order valence-corrected chi connectivity index (χ0v) is 13.9. The normalized spacial score (nSPS) is 17.0. The molecule has 2 aromatic rings. The van der Waals surface area contributed by atoms with Gasteiger partial charge in [-0.05, 0) is 23.8 Å². The lowest BCUT2D eigenvalue weighted by atomic mass is 10.0. The van der Waals surface area contributed by atoms with E-state index in [4.69, 9.17) is 4.74 Å². The number of anilines is 1. The van der Waals surface area contributed by atoms with Crippen LogP contribution in [0.25, 0.3) is 0 Å². The number of nitrogens with one attached hydrogen (secondary N) is 2. The summed E-state index contributed by atoms with van der Waals surface area (Å²) in [6.07, 6.45) is 0.769. The molecule has 0 radical (unpaired) electrons. The first-order valence-electron chi connectivity index (χ1n) is 7.59. The van der Waals surface area contributed by atoms with Crippen LogP contribution in [0, 0.1) is 0 Å². The fraction of sp³-hybridized carbons (Fsp3) is 0.278. The summed E-state index contributed by atoms with van der Waals surface area (Å²) in [6, 6.07) is 15.9. The highest BCUT2D eigenvalue weighted by Gasteiger charge is 2.22. The van der Waals surface area contributed by atoms with Gasteiger partial charge in [0.1, 0.15) is 5.75 Å². The summed E-state index contributed by atoms with van der Waals surface area (Å²) in [5, 5.41) is 6.17. The lowest BCUT2D eigenvalue weighted by Gasteiger charge is -2.14. The summed E-state index contributed by atoms with van der Waals surface area (Å²) < 4.78 is 5.45. The summed E-state index contributed by atoms with van der Waals surface area (Å²) in [4.78, 5) is 12.2. The maximum atomic E-state index is 12.2. The first-order chi connectivity index (χ1) is 11.3. The van der Waals surface area contributed by atoms with E-state index in [0.29, 0.717) is 0 Å². The highest BCUT2D eigenvalue weighted by atomic mass is 32.2. The van der Waals surface area contributed by atoms with Crippen molar-refractivity contribution in [2.45, 2.75) is 12.5 Å². The van der Waals surface area contributed by atoms with Gasteiger partial charge in [-0.2, -0.15) is 0 Å². The van der Waals surface area contributed by atoms with Crippen LogP contribution in [-0.4, -0.2) is 30.7 Å². The quantitative estimate of drug-likeness (QED) is 0.886. The topological polar surface area (TPSA) is 50.4 Å². The van der Waals surface area contributed by atoms with Crippen LogP contribution in [0.3, 0.4) is 0 Å². The molecule has 1 atom stereocenters. The lowest BCUT2D eigenvalue weighted by Crippen LogP contribution is -2.37. The number of hydrogen-bond acceptors (Lipinski definition) is 4. The number of rotatable bonds is 5. The van der Waals surface area contributed by atoms with Crippen LogP contribution < -0.4 is 15.4 Å². The molecule has 0 bridgehead atoms. The van der Waals surface area contributed by atoms with E-state index in [-0.39, 0.29) is 11.9 Å². The van der Waals surface area contributed by atoms with Crippen molar-refractivity contribution in [1.29, 1.82) is 0 Å². The van der Waals surface area contributed by atoms with Crippen LogP contribution in [0.4, 0.5) is 5.69 Å². The number of carbonyl (C=O) groups is 1. The van der Waals surface area contributed by atoms with Crippen molar-refractivity contribution in [3.8, 4) is 5.75 Å². The first kappa shape index (κ1) is 15.9. The van der Waals surface area contributed by atoms with E-state index in [0.717, 1.165) is 35.1 Å². The van der Waals surface area contributed by atoms with E-state index < -0.39 is 0 Å². The van der Waals surface area contributed by atoms with Gasteiger partial charge < -0.3 is 10.1 Å². The van der Waals surface area contributed by atoms with Crippen LogP contribution in [0.2, 0.25) is 0 Å². The van der Waals surface area contributed by atoms with Gasteiger partial charge in [-0.1, -0.05) is 30.3 Å². The molecule has 0 spiro atoms. The third kappa shape index (κ3) is 4.06. The van der Waals surface area contributed by atoms with E-state index >= 15 is 0 Å². The highest BCUT2D eigenvalue weighted by Crippen LogP contribution is 2.25. The predicted molar refractivity (Wildman–Crippen MR) is 95.1 cm³/mol. The Morgan fingerprint density at radius 2 is 2.13 bits per heavy atom. The minimum absolute atomic E-state index is 0.0193. The van der Waals surface area contributed by atoms with Crippen LogP contribution in [-0.2, 0) is 11.2 Å². The standard InChI is InChI=1S/C18H20N2O2S/c1-22-17-8-7-15(20-18(21)16-11-23-12-19-16)10-14(17)9-13-5-3-2-4-6-13/h2-8,10,16,19H,9,11-12H2,1H3,(H,20,21). The fourth-order valence-electron chi connectivity index (χ4n) is 2.60. The number of amides is 1. The molecule has 1 aliphatic heterocycles. The number of methoxy groups -OCH3 is 1. The number of carbonyl (C=O) groups excluding carboxylic acids is 1. The van der Waals surface area contributed by atoms with Gasteiger partial charge >= 0.3 is 0 Å². The SMILES string of the molecule is COc1ccc(NC(=O)C2CSCN2)cc1Cc1ccccc1. The number of benzene rings is 2. The van der Waals surface area contributed by atoms with Crippen molar-refractivity contribution >= 4 is 23.4 Å². The van der Waals surface area contributed by atoms with Crippen molar-refractivity contribution in [1.82, 2.24) is 5.32 Å². The van der Waals surface area contributed by atoms with Crippen LogP contribution in [0.5, 0.6) is 5.75 Å². The van der Waals surface area contributed by atoms with Gasteiger partial charge in [-0.3, -0.25) is 10.1 Å². The van der Waals surface area contributed by atoms with E-state index in [1.165, 1.54) is 5.56 Å². The number of thioether (sulfide) groups is 1. The summed E-state index contributed by atoms with van der Waals surface area (Å²) in [5.41, 5.74) is 3.08. The highest BCUT2D eigenvalue weighted by molar-refractivity contribution is 7.99. The lowest BCUT2D eigenvalue weighted by molar-refractivity contribution is -0.117. The molecule has 0 saturated carbocycles. The van der Waals surface area contributed by atoms with Gasteiger partial charge in [0.05, 0.1) is 13.2 Å². The van der Waals surface area contributed by atoms with Crippen LogP contribution >= 0.6 is 11.8 Å². The number of ether oxygens (including phenoxy) is 1. The molecule has 3 rings (SSSR count). The molecule has 2 N–H and O–H groups in total. The fourth-order valence-corrected chi connectivity index (χ4v) is 3.55. The van der Waals surface area contributed by atoms with Gasteiger partial charge in [0, 0.05) is 29.3 Å². The summed E-state index contributed by atoms with van der Waals surface area (Å²) in [6.45, 7) is 0. The molecule has 23 heavy (non-hydrogen) atoms. The average molecular weight is 328 g/mol. The Balaban J connectivity index is 1.76. The van der Waals surface area contributed by atoms with E-state index in [1.807, 2.05) is 36.4 Å². The molecule has 1 amide bonds. The second-order valence-corrected chi connectivity index (χ2v) is 6.48. The summed E-state index contributed by atoms with van der Waals surface area (Å²) >= 11 is 1.74. The molecular weight excluding hydrogens is 308 g/mol. The van der Waals surface area contributed by atoms with Gasteiger partial charge in [-0.15, -0.1) is 11.8 Å². The largest absolute Gasteiger partial charge is 0.496 e. The smallest absolute Gasteiger partial charge is 0.242 e. The molecule has 1 heterocycles. The van der Waals surface area contributed by atoms with Gasteiger partial charge in [0.2, 0.25) is 5.91 Å². The first-order valence-corrected chi connectivity index (χ1v) is 8.74. The second kappa shape index (κ2) is 7.53. The summed E-state index contributed by atoms with van der Waals surface area (Å²) in [5.74, 6) is 2.51. The maximum absolute atomic E-state index is 12.2. The van der Waals surface area contributed by atoms with Crippen LogP contribution in [0.15, 0.2) is 48.5 Å². The zero-order chi connectivity index (χ0) is 16.1. The number of hydrogen-bond donors (Lipinski definition) is 2. The van der Waals surface area contributed by atoms with Crippen LogP contribution in [0.1, 0.15) is 11.1 Å². The van der Waals surface area contributed by atoms with E-state index in [1.54, 1.807) is 18.9 Å². The van der Waals surface area contributed by atoms with Crippen molar-refractivity contribution in [3.05, 3.63) is 59.7 Å². The Kier molecular flexibility index (Phi) is 5.20. The molecule has 120 valence electrons. The van der Waals surface area contributed by atoms with E-state index in [9.17, 15) is 4.79 Å². The molecule has 1 unspecified atom stereocenters. The van der Waals surface area contributed by atoms with Crippen molar-refractivity contribution in [2.24, 2.45) is 0 Å². The van der Waals surface area contributed by atoms with Gasteiger partial charge in [0.15, 0.2) is 0 Å². The second-order valence-electron chi connectivity index (χ2n) is 5.45. The molecule has 0 aliphatic carbocycles. The molecule has 1 fully saturated rings. The summed E-state index contributed by atoms with van der Waals surface area (Å²) in [7, 11) is 1.67. The minimum Gasteiger partial charge on any atom is -0.496 e. The predicted octanol–water partition coefficient (Wildman–Crippen LogP) is 2.89. The Morgan fingerprint density at radius 1 is 1.30 bits per heavy atom. The Morgan fingerprint density at radius 3 is 2.83 bits per heavy atom.